The Morgan fingerprint density at radius 2 is 1.75 bits per heavy atom. The van der Waals surface area contributed by atoms with Crippen molar-refractivity contribution in [3.05, 3.63) is 58.6 Å². The molecular weight excluding hydrogens is 446 g/mol. The number of hydrogen-bond acceptors (Lipinski definition) is 5. The van der Waals surface area contributed by atoms with Crippen molar-refractivity contribution in [2.75, 3.05) is 10.6 Å². The summed E-state index contributed by atoms with van der Waals surface area (Å²) in [6.45, 7) is 7.74. The fourth-order valence-electron chi connectivity index (χ4n) is 3.20. The molecule has 0 bridgehead atoms. The maximum atomic E-state index is 13.0. The average molecular weight is 472 g/mol. The Bertz CT molecular complexity index is 1100. The fourth-order valence-corrected chi connectivity index (χ4v) is 4.13. The SMILES string of the molecule is CCC(C)C(NC(=O)Nc1c(C)cccc1C)C(=O)Nc1nnc(-c2cccc(Cl)c2)s1. The van der Waals surface area contributed by atoms with Gasteiger partial charge in [0.25, 0.3) is 0 Å². The van der Waals surface area contributed by atoms with E-state index in [9.17, 15) is 9.59 Å². The Morgan fingerprint density at radius 3 is 2.41 bits per heavy atom. The van der Waals surface area contributed by atoms with Gasteiger partial charge >= 0.3 is 6.03 Å². The Balaban J connectivity index is 1.71. The summed E-state index contributed by atoms with van der Waals surface area (Å²) >= 11 is 7.29. The van der Waals surface area contributed by atoms with Crippen molar-refractivity contribution in [2.24, 2.45) is 5.92 Å². The number of aryl methyl sites for hydroxylation is 2. The molecule has 7 nitrogen and oxygen atoms in total. The Kier molecular flexibility index (Phi) is 7.82. The number of aromatic nitrogens is 2. The van der Waals surface area contributed by atoms with Gasteiger partial charge in [0.15, 0.2) is 0 Å². The maximum Gasteiger partial charge on any atom is 0.319 e. The number of nitrogens with zero attached hydrogens (tertiary/aromatic N) is 2. The monoisotopic (exact) mass is 471 g/mol. The molecule has 9 heteroatoms. The second-order valence-corrected chi connectivity index (χ2v) is 9.05. The first-order valence-corrected chi connectivity index (χ1v) is 11.5. The van der Waals surface area contributed by atoms with Crippen LogP contribution in [0.15, 0.2) is 42.5 Å². The van der Waals surface area contributed by atoms with Gasteiger partial charge < -0.3 is 10.6 Å². The lowest BCUT2D eigenvalue weighted by Gasteiger charge is -2.23. The Labute approximate surface area is 196 Å². The highest BCUT2D eigenvalue weighted by atomic mass is 35.5. The van der Waals surface area contributed by atoms with Crippen LogP contribution in [0.25, 0.3) is 10.6 Å². The third kappa shape index (κ3) is 5.83. The van der Waals surface area contributed by atoms with Crippen LogP contribution in [0.1, 0.15) is 31.4 Å². The first kappa shape index (κ1) is 23.7. The summed E-state index contributed by atoms with van der Waals surface area (Å²) in [5.41, 5.74) is 3.46. The molecule has 0 saturated carbocycles. The quantitative estimate of drug-likeness (QED) is 0.414. The van der Waals surface area contributed by atoms with Gasteiger partial charge in [-0.2, -0.15) is 0 Å². The standard InChI is InChI=1S/C23H26ClN5O2S/c1-5-13(2)19(26-22(31)25-18-14(3)8-6-9-15(18)4)20(30)27-23-29-28-21(32-23)16-10-7-11-17(24)12-16/h6-13,19H,5H2,1-4H3,(H2,25,26,31)(H,27,29,30). The minimum absolute atomic E-state index is 0.0842. The minimum atomic E-state index is -0.733. The van der Waals surface area contributed by atoms with Crippen LogP contribution in [0, 0.1) is 19.8 Å². The van der Waals surface area contributed by atoms with Gasteiger partial charge in [-0.3, -0.25) is 10.1 Å². The highest BCUT2D eigenvalue weighted by Gasteiger charge is 2.27. The fraction of sp³-hybridized carbons (Fsp3) is 0.304. The van der Waals surface area contributed by atoms with E-state index in [1.54, 1.807) is 12.1 Å². The number of rotatable bonds is 7. The summed E-state index contributed by atoms with van der Waals surface area (Å²) in [4.78, 5) is 25.7. The number of urea groups is 1. The molecule has 3 aromatic rings. The van der Waals surface area contributed by atoms with Crippen LogP contribution in [-0.2, 0) is 4.79 Å². The number of nitrogens with one attached hydrogen (secondary N) is 3. The van der Waals surface area contributed by atoms with E-state index in [1.165, 1.54) is 11.3 Å². The summed E-state index contributed by atoms with van der Waals surface area (Å²) in [6.07, 6.45) is 0.714. The summed E-state index contributed by atoms with van der Waals surface area (Å²) in [5, 5.41) is 18.3. The third-order valence-electron chi connectivity index (χ3n) is 5.23. The number of para-hydroxylation sites is 1. The van der Waals surface area contributed by atoms with Gasteiger partial charge in [0, 0.05) is 16.3 Å². The smallest absolute Gasteiger partial charge is 0.319 e. The first-order chi connectivity index (χ1) is 15.3. The van der Waals surface area contributed by atoms with E-state index in [0.717, 1.165) is 22.4 Å². The van der Waals surface area contributed by atoms with Gasteiger partial charge in [-0.15, -0.1) is 10.2 Å². The molecule has 0 spiro atoms. The molecule has 2 unspecified atom stereocenters. The number of amides is 3. The van der Waals surface area contributed by atoms with Gasteiger partial charge in [-0.05, 0) is 43.0 Å². The molecule has 3 amide bonds. The average Bonchev–Trinajstić information content (AvgIpc) is 3.22. The van der Waals surface area contributed by atoms with Crippen LogP contribution in [0.5, 0.6) is 0 Å². The lowest BCUT2D eigenvalue weighted by Crippen LogP contribution is -2.49. The summed E-state index contributed by atoms with van der Waals surface area (Å²) in [5.74, 6) is -0.427. The topological polar surface area (TPSA) is 96.0 Å². The van der Waals surface area contributed by atoms with Crippen molar-refractivity contribution in [2.45, 2.75) is 40.2 Å². The molecule has 0 aliphatic heterocycles. The van der Waals surface area contributed by atoms with Gasteiger partial charge in [0.05, 0.1) is 0 Å². The summed E-state index contributed by atoms with van der Waals surface area (Å²) in [7, 11) is 0. The molecule has 1 aromatic heterocycles. The summed E-state index contributed by atoms with van der Waals surface area (Å²) < 4.78 is 0. The lowest BCUT2D eigenvalue weighted by molar-refractivity contribution is -0.119. The second kappa shape index (κ2) is 10.6. The molecule has 0 saturated heterocycles. The van der Waals surface area contributed by atoms with Crippen LogP contribution >= 0.6 is 22.9 Å². The Morgan fingerprint density at radius 1 is 1.06 bits per heavy atom. The molecule has 2 aromatic carbocycles. The number of anilines is 2. The van der Waals surface area contributed by atoms with E-state index in [2.05, 4.69) is 26.1 Å². The van der Waals surface area contributed by atoms with Crippen LogP contribution in [0.2, 0.25) is 5.02 Å². The molecule has 0 aliphatic carbocycles. The zero-order valence-corrected chi connectivity index (χ0v) is 20.0. The number of carbonyl (C=O) groups is 2. The number of hydrogen-bond donors (Lipinski definition) is 3. The van der Waals surface area contributed by atoms with E-state index < -0.39 is 12.1 Å². The molecule has 32 heavy (non-hydrogen) atoms. The molecule has 1 heterocycles. The molecule has 3 N–H and O–H groups in total. The molecular formula is C23H26ClN5O2S. The molecule has 0 radical (unpaired) electrons. The van der Waals surface area contributed by atoms with Crippen LogP contribution in [0.4, 0.5) is 15.6 Å². The predicted molar refractivity (Wildman–Crippen MR) is 130 cm³/mol. The van der Waals surface area contributed by atoms with Crippen molar-refractivity contribution in [3.63, 3.8) is 0 Å². The van der Waals surface area contributed by atoms with E-state index >= 15 is 0 Å². The maximum absolute atomic E-state index is 13.0. The second-order valence-electron chi connectivity index (χ2n) is 7.64. The number of halogens is 1. The highest BCUT2D eigenvalue weighted by molar-refractivity contribution is 7.18. The zero-order valence-electron chi connectivity index (χ0n) is 18.4. The minimum Gasteiger partial charge on any atom is -0.326 e. The van der Waals surface area contributed by atoms with E-state index in [-0.39, 0.29) is 11.8 Å². The van der Waals surface area contributed by atoms with Crippen molar-refractivity contribution in [3.8, 4) is 10.6 Å². The lowest BCUT2D eigenvalue weighted by atomic mass is 9.98. The van der Waals surface area contributed by atoms with Crippen molar-refractivity contribution >= 4 is 45.7 Å². The third-order valence-corrected chi connectivity index (χ3v) is 6.35. The number of carbonyl (C=O) groups excluding carboxylic acids is 2. The largest absolute Gasteiger partial charge is 0.326 e. The molecule has 3 rings (SSSR count). The van der Waals surface area contributed by atoms with E-state index in [4.69, 9.17) is 11.6 Å². The number of benzene rings is 2. The van der Waals surface area contributed by atoms with Crippen molar-refractivity contribution in [1.29, 1.82) is 0 Å². The predicted octanol–water partition coefficient (Wildman–Crippen LogP) is 5.65. The van der Waals surface area contributed by atoms with E-state index in [1.807, 2.05) is 58.0 Å². The van der Waals surface area contributed by atoms with Crippen LogP contribution in [0.3, 0.4) is 0 Å². The van der Waals surface area contributed by atoms with E-state index in [0.29, 0.717) is 21.6 Å². The molecule has 2 atom stereocenters. The molecule has 0 aliphatic rings. The normalized spacial score (nSPS) is 12.7. The van der Waals surface area contributed by atoms with Gasteiger partial charge in [0.2, 0.25) is 11.0 Å². The van der Waals surface area contributed by atoms with Gasteiger partial charge in [0.1, 0.15) is 11.0 Å². The van der Waals surface area contributed by atoms with Crippen molar-refractivity contribution < 1.29 is 9.59 Å². The van der Waals surface area contributed by atoms with Crippen molar-refractivity contribution in [1.82, 2.24) is 15.5 Å². The molecule has 168 valence electrons. The molecule has 0 fully saturated rings. The van der Waals surface area contributed by atoms with Gasteiger partial charge in [-0.1, -0.05) is 73.5 Å². The zero-order chi connectivity index (χ0) is 23.3. The van der Waals surface area contributed by atoms with Crippen LogP contribution < -0.4 is 16.0 Å². The van der Waals surface area contributed by atoms with Gasteiger partial charge in [-0.25, -0.2) is 4.79 Å². The Hall–Kier alpha value is -2.97. The summed E-state index contributed by atoms with van der Waals surface area (Å²) in [6, 6.07) is 11.9. The first-order valence-electron chi connectivity index (χ1n) is 10.3. The van der Waals surface area contributed by atoms with Crippen LogP contribution in [-0.4, -0.2) is 28.2 Å². The highest BCUT2D eigenvalue weighted by Crippen LogP contribution is 2.28.